The number of likely N-dealkylation sites (tertiary alicyclic amines) is 1. The maximum atomic E-state index is 13.4. The minimum Gasteiger partial charge on any atom is -0.507 e. The summed E-state index contributed by atoms with van der Waals surface area (Å²) in [6, 6.07) is 3.31. The summed E-state index contributed by atoms with van der Waals surface area (Å²) in [6.45, 7) is 3.72. The first-order chi connectivity index (χ1) is 15.4. The number of carbonyl (C=O) groups excluding carboxylic acids is 2. The minimum atomic E-state index is -0.290. The maximum Gasteiger partial charge on any atom is 0.228 e. The summed E-state index contributed by atoms with van der Waals surface area (Å²) in [5.41, 5.74) is 2.44. The molecule has 7 heteroatoms. The number of methoxy groups -OCH3 is 2. The lowest BCUT2D eigenvalue weighted by Gasteiger charge is -2.34. The zero-order valence-corrected chi connectivity index (χ0v) is 19.0. The van der Waals surface area contributed by atoms with Crippen molar-refractivity contribution in [2.24, 2.45) is 11.8 Å². The summed E-state index contributed by atoms with van der Waals surface area (Å²) in [4.78, 5) is 27.2. The van der Waals surface area contributed by atoms with Crippen LogP contribution < -0.4 is 14.8 Å². The molecule has 1 aliphatic carbocycles. The molecule has 7 nitrogen and oxygen atoms in total. The van der Waals surface area contributed by atoms with Crippen molar-refractivity contribution in [3.63, 3.8) is 0 Å². The van der Waals surface area contributed by atoms with E-state index in [-0.39, 0.29) is 35.8 Å². The molecule has 1 aromatic carbocycles. The lowest BCUT2D eigenvalue weighted by Crippen LogP contribution is -2.40. The van der Waals surface area contributed by atoms with Crippen LogP contribution in [0.4, 0.5) is 0 Å². The number of fused-ring (bicyclic) bond motifs is 1. The van der Waals surface area contributed by atoms with Crippen LogP contribution in [-0.2, 0) is 9.59 Å². The number of nitrogens with one attached hydrogen (secondary N) is 1. The molecule has 0 aromatic heterocycles. The molecule has 2 N–H and O–H groups in total. The molecule has 4 rings (SSSR count). The molecule has 0 saturated carbocycles. The number of rotatable bonds is 6. The highest BCUT2D eigenvalue weighted by atomic mass is 16.5. The second kappa shape index (κ2) is 9.27. The number of piperidine rings is 1. The highest BCUT2D eigenvalue weighted by Crippen LogP contribution is 2.46. The highest BCUT2D eigenvalue weighted by Gasteiger charge is 2.35. The van der Waals surface area contributed by atoms with Gasteiger partial charge in [-0.15, -0.1) is 0 Å². The Morgan fingerprint density at radius 2 is 2.12 bits per heavy atom. The van der Waals surface area contributed by atoms with Crippen LogP contribution in [0.15, 0.2) is 35.6 Å². The summed E-state index contributed by atoms with van der Waals surface area (Å²) in [5.74, 6) is 1.29. The maximum absolute atomic E-state index is 13.4. The number of amides is 2. The van der Waals surface area contributed by atoms with Crippen molar-refractivity contribution in [2.75, 3.05) is 27.3 Å². The van der Waals surface area contributed by atoms with E-state index in [0.717, 1.165) is 37.2 Å². The number of carbonyl (C=O) groups is 2. The van der Waals surface area contributed by atoms with Crippen molar-refractivity contribution < 1.29 is 24.2 Å². The Morgan fingerprint density at radius 3 is 2.84 bits per heavy atom. The molecule has 0 spiro atoms. The molecule has 2 heterocycles. The van der Waals surface area contributed by atoms with E-state index < -0.39 is 0 Å². The third-order valence-electron chi connectivity index (χ3n) is 6.82. The highest BCUT2D eigenvalue weighted by molar-refractivity contribution is 5.87. The number of phenolic OH excluding ortho intramolecular Hbond substituents is 1. The Morgan fingerprint density at radius 1 is 1.31 bits per heavy atom. The molecule has 2 fully saturated rings. The molecule has 2 amide bonds. The number of allylic oxidation sites excluding steroid dienone is 3. The van der Waals surface area contributed by atoms with E-state index in [9.17, 15) is 14.7 Å². The lowest BCUT2D eigenvalue weighted by molar-refractivity contribution is -0.133. The Balaban J connectivity index is 1.69. The number of benzene rings is 1. The van der Waals surface area contributed by atoms with E-state index in [1.807, 2.05) is 11.0 Å². The predicted molar refractivity (Wildman–Crippen MR) is 121 cm³/mol. The third-order valence-corrected chi connectivity index (χ3v) is 6.82. The van der Waals surface area contributed by atoms with Gasteiger partial charge in [-0.2, -0.15) is 0 Å². The van der Waals surface area contributed by atoms with Gasteiger partial charge in [0.05, 0.1) is 20.6 Å². The first-order valence-corrected chi connectivity index (χ1v) is 11.3. The van der Waals surface area contributed by atoms with E-state index in [2.05, 4.69) is 18.3 Å². The average molecular weight is 441 g/mol. The molecular weight excluding hydrogens is 408 g/mol. The number of ether oxygens (including phenoxy) is 2. The van der Waals surface area contributed by atoms with Gasteiger partial charge in [0, 0.05) is 48.8 Å². The summed E-state index contributed by atoms with van der Waals surface area (Å²) >= 11 is 0. The molecular formula is C25H32N2O5. The van der Waals surface area contributed by atoms with Crippen molar-refractivity contribution in [3.05, 3.63) is 41.1 Å². The van der Waals surface area contributed by atoms with Gasteiger partial charge in [0.25, 0.3) is 0 Å². The van der Waals surface area contributed by atoms with Crippen LogP contribution in [0.5, 0.6) is 17.2 Å². The van der Waals surface area contributed by atoms with E-state index in [4.69, 9.17) is 9.47 Å². The molecule has 0 radical (unpaired) electrons. The van der Waals surface area contributed by atoms with Gasteiger partial charge in [-0.1, -0.05) is 19.1 Å². The van der Waals surface area contributed by atoms with Gasteiger partial charge in [0.1, 0.15) is 17.2 Å². The Kier molecular flexibility index (Phi) is 6.44. The van der Waals surface area contributed by atoms with Crippen LogP contribution in [0, 0.1) is 11.8 Å². The summed E-state index contributed by atoms with van der Waals surface area (Å²) in [5, 5.41) is 13.8. The fourth-order valence-corrected chi connectivity index (χ4v) is 5.18. The number of hydrogen-bond donors (Lipinski definition) is 2. The van der Waals surface area contributed by atoms with Crippen LogP contribution in [-0.4, -0.2) is 49.1 Å². The van der Waals surface area contributed by atoms with Crippen molar-refractivity contribution in [2.45, 2.75) is 44.9 Å². The van der Waals surface area contributed by atoms with Gasteiger partial charge >= 0.3 is 0 Å². The summed E-state index contributed by atoms with van der Waals surface area (Å²) in [6.07, 6.45) is 7.56. The fourth-order valence-electron chi connectivity index (χ4n) is 5.18. The van der Waals surface area contributed by atoms with Gasteiger partial charge in [0.2, 0.25) is 11.8 Å². The van der Waals surface area contributed by atoms with Gasteiger partial charge in [0.15, 0.2) is 0 Å². The van der Waals surface area contributed by atoms with Crippen LogP contribution in [0.25, 0.3) is 0 Å². The lowest BCUT2D eigenvalue weighted by atomic mass is 9.77. The zero-order chi connectivity index (χ0) is 22.8. The van der Waals surface area contributed by atoms with Crippen molar-refractivity contribution in [1.82, 2.24) is 10.2 Å². The first kappa shape index (κ1) is 22.2. The van der Waals surface area contributed by atoms with E-state index in [0.29, 0.717) is 35.8 Å². The second-order valence-corrected chi connectivity index (χ2v) is 9.09. The van der Waals surface area contributed by atoms with Crippen molar-refractivity contribution >= 4 is 11.8 Å². The molecule has 32 heavy (non-hydrogen) atoms. The monoisotopic (exact) mass is 440 g/mol. The number of hydrogen-bond acceptors (Lipinski definition) is 5. The van der Waals surface area contributed by atoms with Crippen LogP contribution in [0.2, 0.25) is 0 Å². The molecule has 3 unspecified atom stereocenters. The minimum absolute atomic E-state index is 0.0112. The van der Waals surface area contributed by atoms with Crippen LogP contribution >= 0.6 is 0 Å². The first-order valence-electron chi connectivity index (χ1n) is 11.3. The average Bonchev–Trinajstić information content (AvgIpc) is 3.16. The quantitative estimate of drug-likeness (QED) is 0.707. The molecule has 2 saturated heterocycles. The molecule has 0 bridgehead atoms. The molecule has 3 atom stereocenters. The van der Waals surface area contributed by atoms with Crippen LogP contribution in [0.3, 0.4) is 0 Å². The van der Waals surface area contributed by atoms with Crippen LogP contribution in [0.1, 0.15) is 50.5 Å². The standard InChI is InChI=1S/C25H32N2O5/c1-15-5-4-8-27(14-15)24(30)13-19(16-6-7-20-17(9-16)10-23(29)26-20)25-21(28)11-18(31-2)12-22(25)32-3/h7,9,11-12,15-16,19,28H,4-6,8,10,13-14H2,1-3H3,(H,26,29). The second-order valence-electron chi connectivity index (χ2n) is 9.09. The zero-order valence-electron chi connectivity index (χ0n) is 19.0. The van der Waals surface area contributed by atoms with E-state index in [1.54, 1.807) is 19.2 Å². The number of aromatic hydroxyl groups is 1. The normalized spacial score (nSPS) is 23.6. The van der Waals surface area contributed by atoms with Gasteiger partial charge in [-0.05, 0) is 36.7 Å². The van der Waals surface area contributed by atoms with Gasteiger partial charge < -0.3 is 24.8 Å². The Labute approximate surface area is 189 Å². The number of phenols is 1. The van der Waals surface area contributed by atoms with Gasteiger partial charge in [-0.25, -0.2) is 0 Å². The molecule has 172 valence electrons. The molecule has 2 aliphatic heterocycles. The Bertz CT molecular complexity index is 967. The van der Waals surface area contributed by atoms with E-state index >= 15 is 0 Å². The fraction of sp³-hybridized carbons (Fsp3) is 0.520. The SMILES string of the molecule is COc1cc(O)c(C(CC(=O)N2CCCC(C)C2)C2C=C3CC(=O)NC3=CC2)c(OC)c1. The smallest absolute Gasteiger partial charge is 0.228 e. The molecule has 1 aromatic rings. The van der Waals surface area contributed by atoms with Crippen molar-refractivity contribution in [3.8, 4) is 17.2 Å². The Hall–Kier alpha value is -2.96. The predicted octanol–water partition coefficient (Wildman–Crippen LogP) is 3.49. The van der Waals surface area contributed by atoms with E-state index in [1.165, 1.54) is 7.11 Å². The van der Waals surface area contributed by atoms with Gasteiger partial charge in [-0.3, -0.25) is 9.59 Å². The molecule has 3 aliphatic rings. The topological polar surface area (TPSA) is 88.1 Å². The third kappa shape index (κ3) is 4.47. The number of nitrogens with zero attached hydrogens (tertiary/aromatic N) is 1. The summed E-state index contributed by atoms with van der Waals surface area (Å²) in [7, 11) is 3.09. The van der Waals surface area contributed by atoms with Crippen molar-refractivity contribution in [1.29, 1.82) is 0 Å². The largest absolute Gasteiger partial charge is 0.507 e. The summed E-state index contributed by atoms with van der Waals surface area (Å²) < 4.78 is 10.9.